The number of methoxy groups -OCH3 is 4. The lowest BCUT2D eigenvalue weighted by Crippen LogP contribution is -2.17. The fourth-order valence-electron chi connectivity index (χ4n) is 3.81. The van der Waals surface area contributed by atoms with E-state index in [0.717, 1.165) is 5.56 Å². The van der Waals surface area contributed by atoms with Gasteiger partial charge in [0.2, 0.25) is 11.5 Å². The molecular formula is C28H29ClN4O7S. The standard InChI is InChI=1S/C28H29ClN4O7S/c1-16(2)17-11-12-23(30-15-17)41(34,35)33-28-25(40-20-10-8-7-9-19(20)36-3)26(29)31-27(32-28)18-13-21(37-4)24(39-6)22(14-18)38-5/h7-16H,1-6H3,(H,31,32,33). The molecule has 2 heterocycles. The number of anilines is 1. The van der Waals surface area contributed by atoms with Gasteiger partial charge in [-0.15, -0.1) is 0 Å². The molecule has 0 aliphatic rings. The molecule has 2 aromatic heterocycles. The summed E-state index contributed by atoms with van der Waals surface area (Å²) in [4.78, 5) is 13.0. The van der Waals surface area contributed by atoms with Crippen molar-refractivity contribution < 1.29 is 32.1 Å². The third-order valence-electron chi connectivity index (χ3n) is 5.96. The normalized spacial score (nSPS) is 11.2. The van der Waals surface area contributed by atoms with Gasteiger partial charge in [0.1, 0.15) is 0 Å². The van der Waals surface area contributed by atoms with Gasteiger partial charge in [-0.05, 0) is 41.8 Å². The summed E-state index contributed by atoms with van der Waals surface area (Å²) in [6.07, 6.45) is 1.51. The Kier molecular flexibility index (Phi) is 9.04. The summed E-state index contributed by atoms with van der Waals surface area (Å²) in [5.41, 5.74) is 1.30. The summed E-state index contributed by atoms with van der Waals surface area (Å²) in [5.74, 6) is 1.55. The minimum atomic E-state index is -4.23. The molecule has 13 heteroatoms. The van der Waals surface area contributed by atoms with Gasteiger partial charge in [-0.3, -0.25) is 4.72 Å². The molecule has 0 aliphatic heterocycles. The number of hydrogen-bond acceptors (Lipinski definition) is 10. The van der Waals surface area contributed by atoms with Gasteiger partial charge in [-0.2, -0.15) is 8.42 Å². The van der Waals surface area contributed by atoms with Gasteiger partial charge in [0, 0.05) is 11.8 Å². The molecule has 0 saturated heterocycles. The van der Waals surface area contributed by atoms with Crippen molar-refractivity contribution in [3.05, 3.63) is 65.4 Å². The maximum absolute atomic E-state index is 13.4. The molecule has 0 bridgehead atoms. The van der Waals surface area contributed by atoms with Crippen molar-refractivity contribution in [2.24, 2.45) is 0 Å². The molecule has 4 aromatic rings. The second kappa shape index (κ2) is 12.5. The first-order chi connectivity index (χ1) is 19.6. The van der Waals surface area contributed by atoms with E-state index in [1.54, 1.807) is 42.5 Å². The highest BCUT2D eigenvalue weighted by molar-refractivity contribution is 7.92. The summed E-state index contributed by atoms with van der Waals surface area (Å²) in [6, 6.07) is 13.1. The zero-order valence-electron chi connectivity index (χ0n) is 23.3. The highest BCUT2D eigenvalue weighted by Gasteiger charge is 2.25. The second-order valence-electron chi connectivity index (χ2n) is 8.87. The molecule has 0 radical (unpaired) electrons. The van der Waals surface area contributed by atoms with Crippen LogP contribution in [-0.2, 0) is 10.0 Å². The van der Waals surface area contributed by atoms with Crippen LogP contribution in [-0.4, -0.2) is 51.8 Å². The largest absolute Gasteiger partial charge is 0.493 e. The van der Waals surface area contributed by atoms with E-state index in [4.69, 9.17) is 35.3 Å². The molecule has 0 spiro atoms. The number of aromatic nitrogens is 3. The molecule has 0 aliphatic carbocycles. The Bertz CT molecular complexity index is 1620. The van der Waals surface area contributed by atoms with E-state index in [-0.39, 0.29) is 39.2 Å². The van der Waals surface area contributed by atoms with Gasteiger partial charge in [-0.1, -0.05) is 43.6 Å². The lowest BCUT2D eigenvalue weighted by Gasteiger charge is -2.17. The lowest BCUT2D eigenvalue weighted by atomic mass is 10.1. The van der Waals surface area contributed by atoms with Crippen molar-refractivity contribution in [2.75, 3.05) is 33.2 Å². The molecule has 2 aromatic carbocycles. The molecule has 0 atom stereocenters. The molecular weight excluding hydrogens is 572 g/mol. The molecule has 11 nitrogen and oxygen atoms in total. The van der Waals surface area contributed by atoms with Crippen molar-refractivity contribution in [3.63, 3.8) is 0 Å². The van der Waals surface area contributed by atoms with Gasteiger partial charge in [0.05, 0.1) is 28.4 Å². The van der Waals surface area contributed by atoms with E-state index in [0.29, 0.717) is 28.6 Å². The van der Waals surface area contributed by atoms with Gasteiger partial charge in [-0.25, -0.2) is 15.0 Å². The number of para-hydroxylation sites is 2. The van der Waals surface area contributed by atoms with E-state index in [1.807, 2.05) is 13.8 Å². The summed E-state index contributed by atoms with van der Waals surface area (Å²) >= 11 is 6.61. The zero-order chi connectivity index (χ0) is 29.7. The number of pyridine rings is 1. The van der Waals surface area contributed by atoms with Crippen molar-refractivity contribution in [1.82, 2.24) is 15.0 Å². The topological polar surface area (TPSA) is 131 Å². The third-order valence-corrected chi connectivity index (χ3v) is 7.47. The predicted molar refractivity (Wildman–Crippen MR) is 154 cm³/mol. The molecule has 0 unspecified atom stereocenters. The Morgan fingerprint density at radius 1 is 0.805 bits per heavy atom. The van der Waals surface area contributed by atoms with Crippen LogP contribution in [0, 0.1) is 0 Å². The average Bonchev–Trinajstić information content (AvgIpc) is 2.97. The quantitative estimate of drug-likeness (QED) is 0.206. The van der Waals surface area contributed by atoms with Crippen molar-refractivity contribution >= 4 is 27.4 Å². The Morgan fingerprint density at radius 2 is 1.44 bits per heavy atom. The highest BCUT2D eigenvalue weighted by atomic mass is 35.5. The molecule has 1 N–H and O–H groups in total. The lowest BCUT2D eigenvalue weighted by molar-refractivity contribution is 0.324. The van der Waals surface area contributed by atoms with E-state index in [1.165, 1.54) is 40.7 Å². The van der Waals surface area contributed by atoms with Crippen molar-refractivity contribution in [1.29, 1.82) is 0 Å². The number of hydrogen-bond donors (Lipinski definition) is 1. The van der Waals surface area contributed by atoms with Crippen LogP contribution in [0.15, 0.2) is 59.8 Å². The van der Waals surface area contributed by atoms with Crippen LogP contribution in [0.25, 0.3) is 11.4 Å². The molecule has 0 saturated carbocycles. The Morgan fingerprint density at radius 3 is 1.98 bits per heavy atom. The fourth-order valence-corrected chi connectivity index (χ4v) is 4.95. The summed E-state index contributed by atoms with van der Waals surface area (Å²) < 4.78 is 57.0. The van der Waals surface area contributed by atoms with Crippen molar-refractivity contribution in [2.45, 2.75) is 24.8 Å². The van der Waals surface area contributed by atoms with E-state index < -0.39 is 10.0 Å². The highest BCUT2D eigenvalue weighted by Crippen LogP contribution is 2.43. The van der Waals surface area contributed by atoms with E-state index in [2.05, 4.69) is 19.7 Å². The van der Waals surface area contributed by atoms with Crippen molar-refractivity contribution in [3.8, 4) is 45.9 Å². The number of benzene rings is 2. The smallest absolute Gasteiger partial charge is 0.280 e. The monoisotopic (exact) mass is 600 g/mol. The first-order valence-electron chi connectivity index (χ1n) is 12.3. The SMILES string of the molecule is COc1ccccc1Oc1c(Cl)nc(-c2cc(OC)c(OC)c(OC)c2)nc1NS(=O)(=O)c1ccc(C(C)C)cn1. The minimum Gasteiger partial charge on any atom is -0.493 e. The average molecular weight is 601 g/mol. The van der Waals surface area contributed by atoms with Gasteiger partial charge in [0.15, 0.2) is 44.8 Å². The molecule has 41 heavy (non-hydrogen) atoms. The predicted octanol–water partition coefficient (Wildman–Crippen LogP) is 5.94. The Hall–Kier alpha value is -4.29. The maximum atomic E-state index is 13.4. The minimum absolute atomic E-state index is 0.0578. The van der Waals surface area contributed by atoms with Crippen LogP contribution >= 0.6 is 11.6 Å². The number of nitrogens with zero attached hydrogens (tertiary/aromatic N) is 3. The number of rotatable bonds is 11. The van der Waals surface area contributed by atoms with Crippen LogP contribution in [0.2, 0.25) is 5.15 Å². The number of sulfonamides is 1. The van der Waals surface area contributed by atoms with Crippen LogP contribution in [0.4, 0.5) is 5.82 Å². The molecule has 0 amide bonds. The zero-order valence-corrected chi connectivity index (χ0v) is 24.8. The van der Waals surface area contributed by atoms with Crippen LogP contribution in [0.3, 0.4) is 0 Å². The van der Waals surface area contributed by atoms with Crippen LogP contribution < -0.4 is 28.4 Å². The summed E-state index contributed by atoms with van der Waals surface area (Å²) in [6.45, 7) is 3.97. The molecule has 0 fully saturated rings. The summed E-state index contributed by atoms with van der Waals surface area (Å²) in [5, 5.41) is -0.385. The van der Waals surface area contributed by atoms with Crippen LogP contribution in [0.5, 0.6) is 34.5 Å². The van der Waals surface area contributed by atoms with Gasteiger partial charge >= 0.3 is 0 Å². The summed E-state index contributed by atoms with van der Waals surface area (Å²) in [7, 11) is 1.66. The Balaban J connectivity index is 1.87. The second-order valence-corrected chi connectivity index (χ2v) is 10.9. The Labute approximate surface area is 243 Å². The number of ether oxygens (including phenoxy) is 5. The fraction of sp³-hybridized carbons (Fsp3) is 0.250. The number of nitrogens with one attached hydrogen (secondary N) is 1. The first kappa shape index (κ1) is 29.7. The molecule has 4 rings (SSSR count). The maximum Gasteiger partial charge on any atom is 0.280 e. The van der Waals surface area contributed by atoms with E-state index >= 15 is 0 Å². The molecule has 216 valence electrons. The van der Waals surface area contributed by atoms with Crippen LogP contribution in [0.1, 0.15) is 25.3 Å². The third kappa shape index (κ3) is 6.39. The number of halogens is 1. The first-order valence-corrected chi connectivity index (χ1v) is 14.2. The van der Waals surface area contributed by atoms with Gasteiger partial charge < -0.3 is 23.7 Å². The van der Waals surface area contributed by atoms with E-state index in [9.17, 15) is 8.42 Å². The van der Waals surface area contributed by atoms with Gasteiger partial charge in [0.25, 0.3) is 10.0 Å².